The standard InChI is InChI=1S/C12H14BrN3O4/c13-7-3-6(4-8(14)5-7)11(18)16-9(12(19)20)1-2-10(15)17/h3-5,9H,1-2,14H2,(H2,15,17)(H,16,18)(H,19,20)/t9-/m0/s1. The number of carbonyl (C=O) groups excluding carboxylic acids is 2. The minimum absolute atomic E-state index is 0.0696. The number of rotatable bonds is 6. The number of anilines is 1. The quantitative estimate of drug-likeness (QED) is 0.557. The number of carboxylic acid groups (broad SMARTS) is 1. The molecule has 20 heavy (non-hydrogen) atoms. The molecule has 0 aliphatic heterocycles. The van der Waals surface area contributed by atoms with Gasteiger partial charge in [-0.25, -0.2) is 4.79 Å². The van der Waals surface area contributed by atoms with Crippen LogP contribution < -0.4 is 16.8 Å². The summed E-state index contributed by atoms with van der Waals surface area (Å²) in [5, 5.41) is 11.3. The van der Waals surface area contributed by atoms with Gasteiger partial charge in [0.05, 0.1) is 0 Å². The molecule has 0 heterocycles. The fraction of sp³-hybridized carbons (Fsp3) is 0.250. The highest BCUT2D eigenvalue weighted by atomic mass is 79.9. The SMILES string of the molecule is NC(=O)CC[C@H](NC(=O)c1cc(N)cc(Br)c1)C(=O)O. The van der Waals surface area contributed by atoms with E-state index in [1.165, 1.54) is 12.1 Å². The Morgan fingerprint density at radius 1 is 1.30 bits per heavy atom. The molecule has 0 aliphatic carbocycles. The monoisotopic (exact) mass is 343 g/mol. The molecular weight excluding hydrogens is 330 g/mol. The van der Waals surface area contributed by atoms with E-state index < -0.39 is 23.8 Å². The molecule has 0 saturated heterocycles. The second kappa shape index (κ2) is 6.90. The molecule has 0 aromatic heterocycles. The van der Waals surface area contributed by atoms with Crippen molar-refractivity contribution < 1.29 is 19.5 Å². The Balaban J connectivity index is 2.79. The van der Waals surface area contributed by atoms with Crippen LogP contribution in [-0.4, -0.2) is 28.9 Å². The first-order chi connectivity index (χ1) is 9.29. The van der Waals surface area contributed by atoms with Gasteiger partial charge in [-0.05, 0) is 24.6 Å². The van der Waals surface area contributed by atoms with E-state index in [0.29, 0.717) is 10.2 Å². The summed E-state index contributed by atoms with van der Waals surface area (Å²) in [5.41, 5.74) is 11.1. The highest BCUT2D eigenvalue weighted by Crippen LogP contribution is 2.17. The van der Waals surface area contributed by atoms with Crippen LogP contribution in [0.15, 0.2) is 22.7 Å². The summed E-state index contributed by atoms with van der Waals surface area (Å²) >= 11 is 3.19. The van der Waals surface area contributed by atoms with Crippen LogP contribution in [0, 0.1) is 0 Å². The first kappa shape index (κ1) is 16.0. The van der Waals surface area contributed by atoms with E-state index in [4.69, 9.17) is 16.6 Å². The average molecular weight is 344 g/mol. The minimum atomic E-state index is -1.23. The second-order valence-electron chi connectivity index (χ2n) is 4.14. The maximum Gasteiger partial charge on any atom is 0.326 e. The number of hydrogen-bond donors (Lipinski definition) is 4. The van der Waals surface area contributed by atoms with Gasteiger partial charge < -0.3 is 21.9 Å². The third-order valence-electron chi connectivity index (χ3n) is 2.47. The Kier molecular flexibility index (Phi) is 5.51. The molecule has 1 aromatic rings. The number of halogens is 1. The molecule has 7 nitrogen and oxygen atoms in total. The van der Waals surface area contributed by atoms with Gasteiger partial charge in [-0.1, -0.05) is 15.9 Å². The molecule has 0 fully saturated rings. The molecule has 6 N–H and O–H groups in total. The summed E-state index contributed by atoms with van der Waals surface area (Å²) in [6.45, 7) is 0. The van der Waals surface area contributed by atoms with Crippen molar-refractivity contribution in [2.45, 2.75) is 18.9 Å². The molecule has 0 bridgehead atoms. The Labute approximate surface area is 123 Å². The number of primary amides is 1. The lowest BCUT2D eigenvalue weighted by atomic mass is 10.1. The van der Waals surface area contributed by atoms with E-state index in [0.717, 1.165) is 0 Å². The number of benzene rings is 1. The summed E-state index contributed by atoms with van der Waals surface area (Å²) in [5.74, 6) is -2.45. The molecule has 1 rings (SSSR count). The Bertz CT molecular complexity index is 527. The van der Waals surface area contributed by atoms with Gasteiger partial charge in [-0.2, -0.15) is 0 Å². The van der Waals surface area contributed by atoms with Crippen molar-refractivity contribution in [3.63, 3.8) is 0 Å². The van der Waals surface area contributed by atoms with Crippen LogP contribution in [0.5, 0.6) is 0 Å². The van der Waals surface area contributed by atoms with Gasteiger partial charge in [0.15, 0.2) is 0 Å². The Morgan fingerprint density at radius 2 is 1.95 bits per heavy atom. The van der Waals surface area contributed by atoms with E-state index in [1.54, 1.807) is 6.07 Å². The maximum absolute atomic E-state index is 11.9. The normalized spacial score (nSPS) is 11.7. The average Bonchev–Trinajstić information content (AvgIpc) is 2.32. The largest absolute Gasteiger partial charge is 0.480 e. The van der Waals surface area contributed by atoms with Gasteiger partial charge in [0, 0.05) is 22.1 Å². The lowest BCUT2D eigenvalue weighted by Crippen LogP contribution is -2.41. The van der Waals surface area contributed by atoms with Crippen LogP contribution in [0.1, 0.15) is 23.2 Å². The number of hydrogen-bond acceptors (Lipinski definition) is 4. The van der Waals surface area contributed by atoms with Crippen molar-refractivity contribution in [1.29, 1.82) is 0 Å². The number of amides is 2. The maximum atomic E-state index is 11.9. The number of nitrogens with one attached hydrogen (secondary N) is 1. The summed E-state index contributed by atoms with van der Waals surface area (Å²) in [4.78, 5) is 33.6. The molecule has 108 valence electrons. The van der Waals surface area contributed by atoms with Crippen molar-refractivity contribution in [2.75, 3.05) is 5.73 Å². The summed E-state index contributed by atoms with van der Waals surface area (Å²) < 4.78 is 0.603. The molecule has 0 unspecified atom stereocenters. The third-order valence-corrected chi connectivity index (χ3v) is 2.92. The number of carbonyl (C=O) groups is 3. The van der Waals surface area contributed by atoms with E-state index >= 15 is 0 Å². The zero-order valence-electron chi connectivity index (χ0n) is 10.4. The molecule has 1 atom stereocenters. The molecule has 0 aliphatic rings. The molecule has 2 amide bonds. The predicted octanol–water partition coefficient (Wildman–Crippen LogP) is 0.480. The first-order valence-corrected chi connectivity index (χ1v) is 6.47. The Morgan fingerprint density at radius 3 is 2.45 bits per heavy atom. The molecule has 0 radical (unpaired) electrons. The first-order valence-electron chi connectivity index (χ1n) is 5.67. The van der Waals surface area contributed by atoms with Crippen molar-refractivity contribution in [3.8, 4) is 0 Å². The summed E-state index contributed by atoms with van der Waals surface area (Å²) in [6.07, 6.45) is -0.197. The van der Waals surface area contributed by atoms with E-state index in [9.17, 15) is 14.4 Å². The minimum Gasteiger partial charge on any atom is -0.480 e. The van der Waals surface area contributed by atoms with Crippen molar-refractivity contribution in [3.05, 3.63) is 28.2 Å². The van der Waals surface area contributed by atoms with Crippen molar-refractivity contribution in [1.82, 2.24) is 5.32 Å². The smallest absolute Gasteiger partial charge is 0.326 e. The van der Waals surface area contributed by atoms with Crippen LogP contribution in [0.2, 0.25) is 0 Å². The molecule has 0 spiro atoms. The van der Waals surface area contributed by atoms with Crippen molar-refractivity contribution >= 4 is 39.4 Å². The lowest BCUT2D eigenvalue weighted by Gasteiger charge is -2.14. The summed E-state index contributed by atoms with van der Waals surface area (Å²) in [7, 11) is 0. The highest BCUT2D eigenvalue weighted by molar-refractivity contribution is 9.10. The fourth-order valence-corrected chi connectivity index (χ4v) is 2.04. The van der Waals surface area contributed by atoms with Gasteiger partial charge in [-0.15, -0.1) is 0 Å². The van der Waals surface area contributed by atoms with Gasteiger partial charge in [0.1, 0.15) is 6.04 Å². The van der Waals surface area contributed by atoms with Crippen LogP contribution >= 0.6 is 15.9 Å². The zero-order valence-corrected chi connectivity index (χ0v) is 12.0. The second-order valence-corrected chi connectivity index (χ2v) is 5.06. The third kappa shape index (κ3) is 4.88. The van der Waals surface area contributed by atoms with Crippen LogP contribution in [0.25, 0.3) is 0 Å². The molecule has 1 aromatic carbocycles. The zero-order chi connectivity index (χ0) is 15.3. The van der Waals surface area contributed by atoms with Crippen LogP contribution in [-0.2, 0) is 9.59 Å². The van der Waals surface area contributed by atoms with E-state index in [1.807, 2.05) is 0 Å². The van der Waals surface area contributed by atoms with E-state index in [-0.39, 0.29) is 18.4 Å². The molecule has 8 heteroatoms. The fourth-order valence-electron chi connectivity index (χ4n) is 1.53. The summed E-state index contributed by atoms with van der Waals surface area (Å²) in [6, 6.07) is 3.36. The Hall–Kier alpha value is -2.09. The predicted molar refractivity (Wildman–Crippen MR) is 75.9 cm³/mol. The topological polar surface area (TPSA) is 136 Å². The highest BCUT2D eigenvalue weighted by Gasteiger charge is 2.21. The number of nitrogen functional groups attached to an aromatic ring is 1. The van der Waals surface area contributed by atoms with Gasteiger partial charge in [0.25, 0.3) is 5.91 Å². The van der Waals surface area contributed by atoms with Crippen LogP contribution in [0.4, 0.5) is 5.69 Å². The van der Waals surface area contributed by atoms with Gasteiger partial charge >= 0.3 is 5.97 Å². The van der Waals surface area contributed by atoms with E-state index in [2.05, 4.69) is 21.2 Å². The van der Waals surface area contributed by atoms with Gasteiger partial charge in [0.2, 0.25) is 5.91 Å². The number of nitrogens with two attached hydrogens (primary N) is 2. The number of aliphatic carboxylic acids is 1. The van der Waals surface area contributed by atoms with Crippen molar-refractivity contribution in [2.24, 2.45) is 5.73 Å². The molecular formula is C12H14BrN3O4. The molecule has 0 saturated carbocycles. The lowest BCUT2D eigenvalue weighted by molar-refractivity contribution is -0.139. The number of carboxylic acids is 1. The van der Waals surface area contributed by atoms with Crippen LogP contribution in [0.3, 0.4) is 0 Å². The van der Waals surface area contributed by atoms with Gasteiger partial charge in [-0.3, -0.25) is 9.59 Å².